The van der Waals surface area contributed by atoms with Crippen molar-refractivity contribution in [1.29, 1.82) is 0 Å². The number of carbonyl (C=O) groups excluding carboxylic acids is 3. The Morgan fingerprint density at radius 3 is 2.58 bits per heavy atom. The van der Waals surface area contributed by atoms with Crippen molar-refractivity contribution >= 4 is 29.2 Å². The van der Waals surface area contributed by atoms with E-state index >= 15 is 0 Å². The SMILES string of the molecule is COc1cc(NC(=O)c2ccccn2)ccc1N1C(=O)NC(C)(Cc2ccc(F)cc2)C1=O. The van der Waals surface area contributed by atoms with Crippen LogP contribution in [0.2, 0.25) is 0 Å². The number of imide groups is 1. The molecule has 4 rings (SSSR count). The van der Waals surface area contributed by atoms with Gasteiger partial charge in [0.15, 0.2) is 0 Å². The van der Waals surface area contributed by atoms with Gasteiger partial charge in [-0.3, -0.25) is 14.6 Å². The van der Waals surface area contributed by atoms with Crippen LogP contribution in [0.3, 0.4) is 0 Å². The van der Waals surface area contributed by atoms with Crippen LogP contribution in [-0.4, -0.2) is 35.5 Å². The van der Waals surface area contributed by atoms with Crippen molar-refractivity contribution in [2.24, 2.45) is 0 Å². The van der Waals surface area contributed by atoms with Crippen LogP contribution in [0.25, 0.3) is 0 Å². The Kier molecular flexibility index (Phi) is 5.78. The first kappa shape index (κ1) is 21.9. The van der Waals surface area contributed by atoms with Gasteiger partial charge < -0.3 is 15.4 Å². The van der Waals surface area contributed by atoms with Gasteiger partial charge in [0.1, 0.15) is 22.8 Å². The summed E-state index contributed by atoms with van der Waals surface area (Å²) in [4.78, 5) is 43.4. The largest absolute Gasteiger partial charge is 0.494 e. The zero-order valence-corrected chi connectivity index (χ0v) is 18.0. The van der Waals surface area contributed by atoms with Crippen molar-refractivity contribution in [1.82, 2.24) is 10.3 Å². The van der Waals surface area contributed by atoms with Crippen LogP contribution in [0.5, 0.6) is 5.75 Å². The second-order valence-corrected chi connectivity index (χ2v) is 7.76. The molecule has 168 valence electrons. The summed E-state index contributed by atoms with van der Waals surface area (Å²) >= 11 is 0. The van der Waals surface area contributed by atoms with Crippen LogP contribution in [0, 0.1) is 5.82 Å². The molecule has 8 nitrogen and oxygen atoms in total. The van der Waals surface area contributed by atoms with Crippen LogP contribution in [0.4, 0.5) is 20.6 Å². The molecule has 0 saturated carbocycles. The molecule has 0 bridgehead atoms. The molecular formula is C24H21FN4O4. The number of hydrogen-bond donors (Lipinski definition) is 2. The summed E-state index contributed by atoms with van der Waals surface area (Å²) in [6, 6.07) is 14.7. The van der Waals surface area contributed by atoms with Crippen LogP contribution >= 0.6 is 0 Å². The van der Waals surface area contributed by atoms with E-state index in [-0.39, 0.29) is 29.4 Å². The molecule has 1 aliphatic heterocycles. The maximum absolute atomic E-state index is 13.3. The fraction of sp³-hybridized carbons (Fsp3) is 0.167. The average molecular weight is 448 g/mol. The molecule has 0 radical (unpaired) electrons. The first-order valence-corrected chi connectivity index (χ1v) is 10.1. The quantitative estimate of drug-likeness (QED) is 0.562. The number of amides is 4. The van der Waals surface area contributed by atoms with Crippen LogP contribution in [-0.2, 0) is 11.2 Å². The van der Waals surface area contributed by atoms with E-state index in [9.17, 15) is 18.8 Å². The van der Waals surface area contributed by atoms with Crippen LogP contribution in [0.15, 0.2) is 66.9 Å². The highest BCUT2D eigenvalue weighted by Gasteiger charge is 2.49. The van der Waals surface area contributed by atoms with Gasteiger partial charge in [-0.05, 0) is 48.9 Å². The average Bonchev–Trinajstić information content (AvgIpc) is 3.03. The van der Waals surface area contributed by atoms with E-state index in [2.05, 4.69) is 15.6 Å². The lowest BCUT2D eigenvalue weighted by Crippen LogP contribution is -2.46. The number of pyridine rings is 1. The Labute approximate surface area is 189 Å². The Morgan fingerprint density at radius 1 is 1.15 bits per heavy atom. The van der Waals surface area contributed by atoms with Gasteiger partial charge >= 0.3 is 6.03 Å². The molecule has 3 aromatic rings. The number of rotatable bonds is 6. The minimum atomic E-state index is -1.22. The van der Waals surface area contributed by atoms with E-state index in [1.807, 2.05) is 0 Å². The van der Waals surface area contributed by atoms with Crippen molar-refractivity contribution in [3.8, 4) is 5.75 Å². The van der Waals surface area contributed by atoms with Gasteiger partial charge in [-0.2, -0.15) is 0 Å². The Bertz CT molecular complexity index is 1220. The fourth-order valence-corrected chi connectivity index (χ4v) is 3.67. The van der Waals surface area contributed by atoms with Gasteiger partial charge in [0.25, 0.3) is 11.8 Å². The molecule has 0 spiro atoms. The predicted octanol–water partition coefficient (Wildman–Crippen LogP) is 3.54. The maximum atomic E-state index is 13.3. The number of hydrogen-bond acceptors (Lipinski definition) is 5. The lowest BCUT2D eigenvalue weighted by Gasteiger charge is -2.22. The highest BCUT2D eigenvalue weighted by Crippen LogP contribution is 2.36. The lowest BCUT2D eigenvalue weighted by molar-refractivity contribution is -0.121. The highest BCUT2D eigenvalue weighted by molar-refractivity contribution is 6.24. The Balaban J connectivity index is 1.57. The number of nitrogens with zero attached hydrogens (tertiary/aromatic N) is 2. The normalized spacial score (nSPS) is 17.6. The maximum Gasteiger partial charge on any atom is 0.329 e. The number of benzene rings is 2. The van der Waals surface area contributed by atoms with Gasteiger partial charge in [-0.25, -0.2) is 14.1 Å². The zero-order chi connectivity index (χ0) is 23.6. The minimum absolute atomic E-state index is 0.189. The molecule has 2 aromatic carbocycles. The van der Waals surface area contributed by atoms with E-state index in [0.29, 0.717) is 11.3 Å². The van der Waals surface area contributed by atoms with E-state index in [1.54, 1.807) is 43.3 Å². The molecule has 1 saturated heterocycles. The van der Waals surface area contributed by atoms with E-state index < -0.39 is 23.4 Å². The Morgan fingerprint density at radius 2 is 1.91 bits per heavy atom. The van der Waals surface area contributed by atoms with Crippen molar-refractivity contribution in [3.05, 3.63) is 83.9 Å². The van der Waals surface area contributed by atoms with Crippen LogP contribution < -0.4 is 20.3 Å². The molecule has 4 amide bonds. The smallest absolute Gasteiger partial charge is 0.329 e. The monoisotopic (exact) mass is 448 g/mol. The fourth-order valence-electron chi connectivity index (χ4n) is 3.67. The minimum Gasteiger partial charge on any atom is -0.494 e. The standard InChI is InChI=1S/C24H21FN4O4/c1-24(14-15-6-8-16(25)9-7-15)22(31)29(23(32)28-24)19-11-10-17(13-20(19)33-2)27-21(30)18-5-3-4-12-26-18/h3-13H,14H2,1-2H3,(H,27,30)(H,28,32). The Hall–Kier alpha value is -4.27. The molecular weight excluding hydrogens is 427 g/mol. The van der Waals surface area contributed by atoms with Gasteiger partial charge in [0.2, 0.25) is 0 Å². The van der Waals surface area contributed by atoms with E-state index in [0.717, 1.165) is 4.90 Å². The molecule has 33 heavy (non-hydrogen) atoms. The number of methoxy groups -OCH3 is 1. The van der Waals surface area contributed by atoms with Crippen LogP contribution in [0.1, 0.15) is 23.0 Å². The summed E-state index contributed by atoms with van der Waals surface area (Å²) in [5.41, 5.74) is 0.373. The summed E-state index contributed by atoms with van der Waals surface area (Å²) in [5, 5.41) is 5.43. The van der Waals surface area contributed by atoms with Crippen molar-refractivity contribution in [3.63, 3.8) is 0 Å². The third-order valence-electron chi connectivity index (χ3n) is 5.31. The second-order valence-electron chi connectivity index (χ2n) is 7.76. The summed E-state index contributed by atoms with van der Waals surface area (Å²) in [6.45, 7) is 1.62. The van der Waals surface area contributed by atoms with Crippen molar-refractivity contribution in [2.45, 2.75) is 18.9 Å². The number of anilines is 2. The molecule has 1 fully saturated rings. The summed E-state index contributed by atoms with van der Waals surface area (Å²) in [7, 11) is 1.40. The van der Waals surface area contributed by atoms with Gasteiger partial charge in [-0.15, -0.1) is 0 Å². The molecule has 2 N–H and O–H groups in total. The van der Waals surface area contributed by atoms with Gasteiger partial charge in [-0.1, -0.05) is 18.2 Å². The summed E-state index contributed by atoms with van der Waals surface area (Å²) in [6.07, 6.45) is 1.70. The van der Waals surface area contributed by atoms with E-state index in [1.165, 1.54) is 37.6 Å². The lowest BCUT2D eigenvalue weighted by atomic mass is 9.92. The van der Waals surface area contributed by atoms with Gasteiger partial charge in [0, 0.05) is 24.4 Å². The number of aromatic nitrogens is 1. The van der Waals surface area contributed by atoms with Crippen molar-refractivity contribution in [2.75, 3.05) is 17.3 Å². The number of carbonyl (C=O) groups is 3. The summed E-state index contributed by atoms with van der Waals surface area (Å²) < 4.78 is 18.6. The molecule has 1 aromatic heterocycles. The molecule has 0 aliphatic carbocycles. The highest BCUT2D eigenvalue weighted by atomic mass is 19.1. The van der Waals surface area contributed by atoms with E-state index in [4.69, 9.17) is 4.74 Å². The molecule has 1 aliphatic rings. The second kappa shape index (κ2) is 8.70. The molecule has 1 atom stereocenters. The van der Waals surface area contributed by atoms with Gasteiger partial charge in [0.05, 0.1) is 12.8 Å². The third kappa shape index (κ3) is 4.38. The number of ether oxygens (including phenoxy) is 1. The first-order chi connectivity index (χ1) is 15.8. The van der Waals surface area contributed by atoms with Crippen molar-refractivity contribution < 1.29 is 23.5 Å². The number of nitrogens with one attached hydrogen (secondary N) is 2. The molecule has 9 heteroatoms. The molecule has 1 unspecified atom stereocenters. The molecule has 2 heterocycles. The predicted molar refractivity (Wildman–Crippen MR) is 120 cm³/mol. The zero-order valence-electron chi connectivity index (χ0n) is 18.0. The summed E-state index contributed by atoms with van der Waals surface area (Å²) in [5.74, 6) is -1.04. The number of urea groups is 1. The topological polar surface area (TPSA) is 101 Å². The number of halogens is 1. The first-order valence-electron chi connectivity index (χ1n) is 10.1. The third-order valence-corrected chi connectivity index (χ3v) is 5.31.